The minimum atomic E-state index is -1.14. The number of carbonyl (C=O) groups is 2. The van der Waals surface area contributed by atoms with Crippen LogP contribution in [-0.4, -0.2) is 50.6 Å². The van der Waals surface area contributed by atoms with Gasteiger partial charge in [0.2, 0.25) is 0 Å². The summed E-state index contributed by atoms with van der Waals surface area (Å²) in [6.07, 6.45) is -2.87. The monoisotopic (exact) mass is 262 g/mol. The Kier molecular flexibility index (Phi) is 7.54. The van der Waals surface area contributed by atoms with E-state index in [1.165, 1.54) is 14.2 Å². The summed E-state index contributed by atoms with van der Waals surface area (Å²) in [5.41, 5.74) is 0. The second-order valence-corrected chi connectivity index (χ2v) is 4.28. The molecule has 2 unspecified atom stereocenters. The highest BCUT2D eigenvalue weighted by atomic mass is 16.6. The van der Waals surface area contributed by atoms with E-state index in [0.717, 1.165) is 0 Å². The third-order valence-electron chi connectivity index (χ3n) is 1.95. The molecule has 106 valence electrons. The van der Waals surface area contributed by atoms with Gasteiger partial charge in [-0.15, -0.1) is 0 Å². The van der Waals surface area contributed by atoms with Crippen LogP contribution in [0.25, 0.3) is 0 Å². The van der Waals surface area contributed by atoms with Gasteiger partial charge in [-0.25, -0.2) is 9.59 Å². The summed E-state index contributed by atoms with van der Waals surface area (Å²) in [6.45, 7) is 6.83. The third kappa shape index (κ3) is 5.46. The Balaban J connectivity index is 4.76. The minimum absolute atomic E-state index is 0.297. The predicted octanol–water partition coefficient (Wildman–Crippen LogP) is 0.920. The molecule has 0 saturated carbocycles. The number of esters is 2. The minimum Gasteiger partial charge on any atom is -0.461 e. The van der Waals surface area contributed by atoms with Crippen molar-refractivity contribution in [3.05, 3.63) is 0 Å². The highest BCUT2D eigenvalue weighted by Gasteiger charge is 2.37. The van der Waals surface area contributed by atoms with E-state index >= 15 is 0 Å². The maximum atomic E-state index is 11.7. The van der Waals surface area contributed by atoms with Gasteiger partial charge in [0.25, 0.3) is 0 Å². The highest BCUT2D eigenvalue weighted by Crippen LogP contribution is 2.10. The Morgan fingerprint density at radius 3 is 1.17 bits per heavy atom. The molecular formula is C12H22O6. The fourth-order valence-electron chi connectivity index (χ4n) is 1.29. The van der Waals surface area contributed by atoms with Gasteiger partial charge in [-0.1, -0.05) is 0 Å². The van der Waals surface area contributed by atoms with Gasteiger partial charge in [0.15, 0.2) is 12.2 Å². The van der Waals surface area contributed by atoms with E-state index in [-0.39, 0.29) is 12.2 Å². The van der Waals surface area contributed by atoms with Crippen LogP contribution in [0.15, 0.2) is 0 Å². The van der Waals surface area contributed by atoms with Gasteiger partial charge in [0.1, 0.15) is 0 Å². The molecule has 0 heterocycles. The van der Waals surface area contributed by atoms with Gasteiger partial charge < -0.3 is 18.9 Å². The average molecular weight is 262 g/mol. The third-order valence-corrected chi connectivity index (χ3v) is 1.95. The van der Waals surface area contributed by atoms with Crippen LogP contribution in [0.3, 0.4) is 0 Å². The number of hydrogen-bond acceptors (Lipinski definition) is 6. The number of ether oxygens (including phenoxy) is 4. The number of methoxy groups -OCH3 is 2. The maximum absolute atomic E-state index is 11.7. The topological polar surface area (TPSA) is 71.1 Å². The van der Waals surface area contributed by atoms with Crippen LogP contribution >= 0.6 is 0 Å². The van der Waals surface area contributed by atoms with E-state index < -0.39 is 24.1 Å². The molecule has 0 aromatic carbocycles. The highest BCUT2D eigenvalue weighted by molar-refractivity contribution is 5.85. The molecule has 0 rings (SSSR count). The lowest BCUT2D eigenvalue weighted by Gasteiger charge is -2.23. The quantitative estimate of drug-likeness (QED) is 0.635. The standard InChI is InChI=1S/C12H22O6/c1-7(2)17-11(13)9(15-5)10(16-6)12(14)18-8(3)4/h7-10H,1-6H3. The molecule has 0 amide bonds. The van der Waals surface area contributed by atoms with Crippen LogP contribution in [0.2, 0.25) is 0 Å². The molecule has 0 saturated heterocycles. The lowest BCUT2D eigenvalue weighted by molar-refractivity contribution is -0.182. The molecule has 0 aliphatic heterocycles. The van der Waals surface area contributed by atoms with Gasteiger partial charge in [0.05, 0.1) is 12.2 Å². The molecule has 6 heteroatoms. The summed E-state index contributed by atoms with van der Waals surface area (Å²) in [4.78, 5) is 23.5. The number of rotatable bonds is 7. The van der Waals surface area contributed by atoms with Crippen LogP contribution < -0.4 is 0 Å². The second-order valence-electron chi connectivity index (χ2n) is 4.28. The second kappa shape index (κ2) is 8.05. The molecular weight excluding hydrogens is 240 g/mol. The van der Waals surface area contributed by atoms with E-state index in [1.807, 2.05) is 0 Å². The fourth-order valence-corrected chi connectivity index (χ4v) is 1.29. The first kappa shape index (κ1) is 16.9. The van der Waals surface area contributed by atoms with Gasteiger partial charge in [0, 0.05) is 14.2 Å². The smallest absolute Gasteiger partial charge is 0.338 e. The molecule has 2 atom stereocenters. The summed E-state index contributed by atoms with van der Waals surface area (Å²) >= 11 is 0. The van der Waals surface area contributed by atoms with Gasteiger partial charge >= 0.3 is 11.9 Å². The van der Waals surface area contributed by atoms with E-state index in [2.05, 4.69) is 0 Å². The van der Waals surface area contributed by atoms with Crippen molar-refractivity contribution in [2.24, 2.45) is 0 Å². The van der Waals surface area contributed by atoms with Gasteiger partial charge in [-0.05, 0) is 27.7 Å². The lowest BCUT2D eigenvalue weighted by Crippen LogP contribution is -2.45. The molecule has 0 bridgehead atoms. The van der Waals surface area contributed by atoms with Crippen LogP contribution in [0.1, 0.15) is 27.7 Å². The van der Waals surface area contributed by atoms with Crippen molar-refractivity contribution in [2.45, 2.75) is 52.1 Å². The zero-order valence-electron chi connectivity index (χ0n) is 11.8. The molecule has 0 aromatic heterocycles. The summed E-state index contributed by atoms with van der Waals surface area (Å²) < 4.78 is 19.9. The lowest BCUT2D eigenvalue weighted by atomic mass is 10.2. The van der Waals surface area contributed by atoms with Gasteiger partial charge in [-0.3, -0.25) is 0 Å². The first-order valence-electron chi connectivity index (χ1n) is 5.80. The summed E-state index contributed by atoms with van der Waals surface area (Å²) in [7, 11) is 2.61. The first-order chi connectivity index (χ1) is 8.33. The molecule has 0 spiro atoms. The Morgan fingerprint density at radius 1 is 0.722 bits per heavy atom. The number of carbonyl (C=O) groups excluding carboxylic acids is 2. The van der Waals surface area contributed by atoms with Crippen molar-refractivity contribution in [3.63, 3.8) is 0 Å². The van der Waals surface area contributed by atoms with Crippen LogP contribution in [0, 0.1) is 0 Å². The summed E-state index contributed by atoms with van der Waals surface area (Å²) in [6, 6.07) is 0. The van der Waals surface area contributed by atoms with E-state index in [9.17, 15) is 9.59 Å². The Labute approximate surface area is 108 Å². The fraction of sp³-hybridized carbons (Fsp3) is 0.833. The van der Waals surface area contributed by atoms with Crippen molar-refractivity contribution >= 4 is 11.9 Å². The normalized spacial score (nSPS) is 14.4. The van der Waals surface area contributed by atoms with E-state index in [1.54, 1.807) is 27.7 Å². The predicted molar refractivity (Wildman–Crippen MR) is 64.1 cm³/mol. The molecule has 0 aliphatic rings. The summed E-state index contributed by atoms with van der Waals surface area (Å²) in [5, 5.41) is 0. The van der Waals surface area contributed by atoms with Crippen molar-refractivity contribution in [3.8, 4) is 0 Å². The van der Waals surface area contributed by atoms with Crippen molar-refractivity contribution in [1.29, 1.82) is 0 Å². The largest absolute Gasteiger partial charge is 0.461 e. The van der Waals surface area contributed by atoms with Crippen molar-refractivity contribution in [1.82, 2.24) is 0 Å². The van der Waals surface area contributed by atoms with Crippen LogP contribution in [0.5, 0.6) is 0 Å². The molecule has 0 N–H and O–H groups in total. The molecule has 0 fully saturated rings. The van der Waals surface area contributed by atoms with Gasteiger partial charge in [-0.2, -0.15) is 0 Å². The van der Waals surface area contributed by atoms with Crippen LogP contribution in [0.4, 0.5) is 0 Å². The Hall–Kier alpha value is -1.14. The van der Waals surface area contributed by atoms with E-state index in [0.29, 0.717) is 0 Å². The maximum Gasteiger partial charge on any atom is 0.338 e. The summed E-state index contributed by atoms with van der Waals surface area (Å²) in [5.74, 6) is -1.31. The molecule has 6 nitrogen and oxygen atoms in total. The van der Waals surface area contributed by atoms with Crippen LogP contribution in [-0.2, 0) is 28.5 Å². The Bertz CT molecular complexity index is 246. The molecule has 0 aromatic rings. The van der Waals surface area contributed by atoms with Crippen molar-refractivity contribution < 1.29 is 28.5 Å². The average Bonchev–Trinajstić information content (AvgIpc) is 2.22. The zero-order valence-corrected chi connectivity index (χ0v) is 11.8. The van der Waals surface area contributed by atoms with E-state index in [4.69, 9.17) is 18.9 Å². The molecule has 0 radical (unpaired) electrons. The SMILES string of the molecule is COC(C(=O)OC(C)C)C(OC)C(=O)OC(C)C. The molecule has 0 aliphatic carbocycles. The molecule has 18 heavy (non-hydrogen) atoms. The zero-order chi connectivity index (χ0) is 14.3. The number of hydrogen-bond donors (Lipinski definition) is 0. The Morgan fingerprint density at radius 2 is 1.00 bits per heavy atom. The first-order valence-corrected chi connectivity index (χ1v) is 5.80. The van der Waals surface area contributed by atoms with Crippen molar-refractivity contribution in [2.75, 3.05) is 14.2 Å².